The van der Waals surface area contributed by atoms with E-state index in [-0.39, 0.29) is 15.8 Å². The molecule has 0 unspecified atom stereocenters. The minimum absolute atomic E-state index is 0.183. The van der Waals surface area contributed by atoms with Crippen molar-refractivity contribution in [1.29, 1.82) is 0 Å². The van der Waals surface area contributed by atoms with Crippen LogP contribution in [0.15, 0.2) is 48.5 Å². The van der Waals surface area contributed by atoms with Gasteiger partial charge in [-0.2, -0.15) is 0 Å². The van der Waals surface area contributed by atoms with Gasteiger partial charge in [-0.15, -0.1) is 0 Å². The van der Waals surface area contributed by atoms with E-state index in [9.17, 15) is 10.2 Å². The second-order valence-electron chi connectivity index (χ2n) is 4.84. The zero-order chi connectivity index (χ0) is 17.5. The lowest BCUT2D eigenvalue weighted by molar-refractivity contribution is 0.474. The van der Waals surface area contributed by atoms with Crippen molar-refractivity contribution >= 4 is 136 Å². The van der Waals surface area contributed by atoms with Crippen LogP contribution in [-0.4, -0.2) is 9.08 Å². The lowest BCUT2D eigenvalue weighted by atomic mass is 9.78. The van der Waals surface area contributed by atoms with Crippen molar-refractivity contribution < 1.29 is 10.2 Å². The molecule has 124 valence electrons. The molecule has 0 aliphatic carbocycles. The second-order valence-corrected chi connectivity index (χ2v) is 26.9. The first-order valence-electron chi connectivity index (χ1n) is 6.22. The molecular formula is C15H10I6O2. The quantitative estimate of drug-likeness (QED) is 0.250. The monoisotopic (exact) mass is 983 g/mol. The number of hydrogen-bond donors (Lipinski definition) is 2. The Labute approximate surface area is 217 Å². The van der Waals surface area contributed by atoms with Gasteiger partial charge < -0.3 is 10.2 Å². The molecule has 0 heterocycles. The maximum absolute atomic E-state index is 9.69. The minimum Gasteiger partial charge on any atom is -0.508 e. The molecule has 2 N–H and O–H groups in total. The average Bonchev–Trinajstić information content (AvgIpc) is 2.40. The van der Waals surface area contributed by atoms with E-state index >= 15 is 0 Å². The van der Waals surface area contributed by atoms with Gasteiger partial charge in [0.05, 0.1) is 5.41 Å². The van der Waals surface area contributed by atoms with Gasteiger partial charge in [0, 0.05) is 0 Å². The van der Waals surface area contributed by atoms with Crippen LogP contribution in [0, 0.1) is 0 Å². The molecule has 0 atom stereocenters. The molecule has 0 aromatic heterocycles. The van der Waals surface area contributed by atoms with E-state index in [1.807, 2.05) is 24.3 Å². The molecule has 0 amide bonds. The molecule has 0 fully saturated rings. The van der Waals surface area contributed by atoms with Crippen LogP contribution in [0.3, 0.4) is 0 Å². The number of hydrogen-bond acceptors (Lipinski definition) is 2. The molecule has 0 bridgehead atoms. The van der Waals surface area contributed by atoms with Crippen LogP contribution in [0.4, 0.5) is 0 Å². The summed E-state index contributed by atoms with van der Waals surface area (Å²) in [4.78, 5) is 0. The molecule has 2 rings (SSSR count). The van der Waals surface area contributed by atoms with Gasteiger partial charge in [-0.1, -0.05) is 160 Å². The fourth-order valence-corrected chi connectivity index (χ4v) is 13.2. The largest absolute Gasteiger partial charge is 0.508 e. The normalized spacial score (nSPS) is 13.1. The number of halogens is 6. The summed E-state index contributed by atoms with van der Waals surface area (Å²) < 4.78 is -0.365. The molecule has 0 radical (unpaired) electrons. The van der Waals surface area contributed by atoms with Gasteiger partial charge in [0.25, 0.3) is 0 Å². The van der Waals surface area contributed by atoms with Gasteiger partial charge in [0.15, 0.2) is 0 Å². The highest BCUT2D eigenvalue weighted by Gasteiger charge is 2.60. The highest BCUT2D eigenvalue weighted by molar-refractivity contribution is 14.3. The van der Waals surface area contributed by atoms with E-state index in [0.29, 0.717) is 0 Å². The molecule has 0 aliphatic heterocycles. The van der Waals surface area contributed by atoms with Gasteiger partial charge in [-0.3, -0.25) is 0 Å². The van der Waals surface area contributed by atoms with Crippen molar-refractivity contribution in [2.75, 3.05) is 0 Å². The third kappa shape index (κ3) is 4.47. The van der Waals surface area contributed by atoms with Crippen LogP contribution in [-0.2, 0) is 5.41 Å². The molecule has 2 nitrogen and oxygen atoms in total. The fourth-order valence-electron chi connectivity index (χ4n) is 2.40. The van der Waals surface area contributed by atoms with Gasteiger partial charge in [0.1, 0.15) is 10.4 Å². The molecule has 0 spiro atoms. The second kappa shape index (κ2) is 8.20. The van der Waals surface area contributed by atoms with E-state index in [0.717, 1.165) is 11.1 Å². The van der Waals surface area contributed by atoms with Crippen LogP contribution in [0.1, 0.15) is 11.1 Å². The van der Waals surface area contributed by atoms with Crippen LogP contribution >= 0.6 is 136 Å². The SMILES string of the molecule is Oc1ccc(C(c2ccc(O)cc2)(C(I)(I)I)C(I)(I)I)cc1. The van der Waals surface area contributed by atoms with E-state index in [2.05, 4.69) is 136 Å². The standard InChI is InChI=1S/C15H10I6O2/c16-14(17,18)13(15(19,20)21,9-1-5-11(22)6-2-9)10-3-7-12(23)8-4-10/h1-8,22-23H. The highest BCUT2D eigenvalue weighted by Crippen LogP contribution is 2.67. The van der Waals surface area contributed by atoms with Gasteiger partial charge in [-0.25, -0.2) is 0 Å². The van der Waals surface area contributed by atoms with E-state index in [4.69, 9.17) is 0 Å². The van der Waals surface area contributed by atoms with Gasteiger partial charge in [-0.05, 0) is 35.4 Å². The number of phenolic OH excluding ortho intramolecular Hbond substituents is 2. The zero-order valence-corrected chi connectivity index (χ0v) is 24.2. The third-order valence-corrected chi connectivity index (χ3v) is 8.31. The Hall–Kier alpha value is 2.42. The maximum Gasteiger partial charge on any atom is 0.140 e. The van der Waals surface area contributed by atoms with E-state index in [1.165, 1.54) is 0 Å². The molecule has 8 heteroatoms. The van der Waals surface area contributed by atoms with Crippen molar-refractivity contribution in [2.45, 2.75) is 4.29 Å². The van der Waals surface area contributed by atoms with Gasteiger partial charge >= 0.3 is 0 Å². The summed E-state index contributed by atoms with van der Waals surface area (Å²) in [5.74, 6) is 0.519. The smallest absolute Gasteiger partial charge is 0.140 e. The van der Waals surface area contributed by atoms with Crippen LogP contribution in [0.5, 0.6) is 11.5 Å². The Balaban J connectivity index is 2.86. The van der Waals surface area contributed by atoms with Crippen molar-refractivity contribution in [3.8, 4) is 11.5 Å². The summed E-state index contributed by atoms with van der Waals surface area (Å²) in [5, 5.41) is 19.4. The first-order valence-corrected chi connectivity index (χ1v) is 12.7. The lowest BCUT2D eigenvalue weighted by Gasteiger charge is -2.48. The Morgan fingerprint density at radius 3 is 1.00 bits per heavy atom. The lowest BCUT2D eigenvalue weighted by Crippen LogP contribution is -2.49. The summed E-state index contributed by atoms with van der Waals surface area (Å²) in [7, 11) is 0. The summed E-state index contributed by atoms with van der Waals surface area (Å²) in [6, 6.07) is 14.9. The third-order valence-electron chi connectivity index (χ3n) is 3.45. The topological polar surface area (TPSA) is 40.5 Å². The maximum atomic E-state index is 9.69. The number of aromatic hydroxyl groups is 2. The van der Waals surface area contributed by atoms with Gasteiger partial charge in [0.2, 0.25) is 0 Å². The molecule has 0 aliphatic rings. The van der Waals surface area contributed by atoms with Crippen LogP contribution in [0.25, 0.3) is 0 Å². The first-order chi connectivity index (χ1) is 10.5. The average molecular weight is 984 g/mol. The zero-order valence-electron chi connectivity index (χ0n) is 11.3. The van der Waals surface area contributed by atoms with Crippen molar-refractivity contribution in [2.24, 2.45) is 0 Å². The molecule has 0 saturated heterocycles. The van der Waals surface area contributed by atoms with Crippen molar-refractivity contribution in [3.63, 3.8) is 0 Å². The Morgan fingerprint density at radius 1 is 0.522 bits per heavy atom. The Kier molecular flexibility index (Phi) is 7.74. The number of phenols is 2. The summed E-state index contributed by atoms with van der Waals surface area (Å²) in [6.45, 7) is 0. The van der Waals surface area contributed by atoms with E-state index < -0.39 is 0 Å². The number of rotatable bonds is 4. The number of benzene rings is 2. The molecular weight excluding hydrogens is 974 g/mol. The summed E-state index contributed by atoms with van der Waals surface area (Å²) in [5.41, 5.74) is 1.89. The molecule has 2 aromatic carbocycles. The Bertz CT molecular complexity index is 610. The molecule has 0 saturated carbocycles. The predicted molar refractivity (Wildman–Crippen MR) is 147 cm³/mol. The molecule has 2 aromatic rings. The Morgan fingerprint density at radius 2 is 0.783 bits per heavy atom. The predicted octanol–water partition coefficient (Wildman–Crippen LogP) is 7.30. The van der Waals surface area contributed by atoms with Crippen LogP contribution in [0.2, 0.25) is 0 Å². The minimum atomic E-state index is -0.356. The molecule has 23 heavy (non-hydrogen) atoms. The van der Waals surface area contributed by atoms with Crippen molar-refractivity contribution in [3.05, 3.63) is 59.7 Å². The fraction of sp³-hybridized carbons (Fsp3) is 0.200. The van der Waals surface area contributed by atoms with Crippen molar-refractivity contribution in [1.82, 2.24) is 0 Å². The van der Waals surface area contributed by atoms with E-state index in [1.54, 1.807) is 24.3 Å². The first kappa shape index (κ1) is 21.7. The number of alkyl halides is 6. The summed E-state index contributed by atoms with van der Waals surface area (Å²) >= 11 is 14.8. The van der Waals surface area contributed by atoms with Crippen LogP contribution < -0.4 is 0 Å². The highest BCUT2D eigenvalue weighted by atomic mass is 127. The summed E-state index contributed by atoms with van der Waals surface area (Å²) in [6.07, 6.45) is 0.